The van der Waals surface area contributed by atoms with E-state index in [1.165, 1.54) is 48.5 Å². The van der Waals surface area contributed by atoms with Crippen molar-refractivity contribution in [3.63, 3.8) is 0 Å². The van der Waals surface area contributed by atoms with Crippen molar-refractivity contribution in [2.24, 2.45) is 10.3 Å². The highest BCUT2D eigenvalue weighted by atomic mass is 32.2. The van der Waals surface area contributed by atoms with Gasteiger partial charge in [0.15, 0.2) is 0 Å². The third kappa shape index (κ3) is 13.2. The van der Waals surface area contributed by atoms with Crippen molar-refractivity contribution in [1.29, 1.82) is 0 Å². The Morgan fingerprint density at radius 3 is 1.00 bits per heavy atom. The molecular formula is C30H34N6O8S2. The van der Waals surface area contributed by atoms with E-state index in [0.29, 0.717) is 22.7 Å². The number of carbonyl (C=O) groups is 2. The van der Waals surface area contributed by atoms with Crippen LogP contribution in [0, 0.1) is 27.7 Å². The van der Waals surface area contributed by atoms with Crippen LogP contribution in [-0.4, -0.2) is 28.9 Å². The van der Waals surface area contributed by atoms with Crippen LogP contribution in [0.25, 0.3) is 0 Å². The minimum absolute atomic E-state index is 0.0627. The average molecular weight is 671 g/mol. The van der Waals surface area contributed by atoms with E-state index in [-0.39, 0.29) is 11.5 Å². The van der Waals surface area contributed by atoms with Crippen LogP contribution in [0.15, 0.2) is 84.9 Å². The Morgan fingerprint density at radius 1 is 0.478 bits per heavy atom. The first-order valence-corrected chi connectivity index (χ1v) is 16.3. The van der Waals surface area contributed by atoms with Gasteiger partial charge < -0.3 is 29.6 Å². The van der Waals surface area contributed by atoms with E-state index < -0.39 is 32.7 Å². The molecule has 0 radical (unpaired) electrons. The molecule has 4 aromatic rings. The third-order valence-corrected chi connectivity index (χ3v) is 6.46. The van der Waals surface area contributed by atoms with Crippen molar-refractivity contribution in [1.82, 2.24) is 0 Å². The Balaban J connectivity index is 0.000000250. The second-order valence-corrected chi connectivity index (χ2v) is 12.4. The lowest BCUT2D eigenvalue weighted by molar-refractivity contribution is 0.261. The van der Waals surface area contributed by atoms with Gasteiger partial charge in [0.2, 0.25) is 0 Å². The van der Waals surface area contributed by atoms with E-state index in [9.17, 15) is 26.4 Å². The first-order chi connectivity index (χ1) is 21.4. The summed E-state index contributed by atoms with van der Waals surface area (Å²) in [5.74, 6) is 0.125. The molecule has 4 aromatic carbocycles. The highest BCUT2D eigenvalue weighted by molar-refractivity contribution is 7.85. The summed E-state index contributed by atoms with van der Waals surface area (Å²) in [4.78, 5) is 23.9. The zero-order valence-corrected chi connectivity index (χ0v) is 27.0. The Labute approximate surface area is 267 Å². The van der Waals surface area contributed by atoms with Gasteiger partial charge in [-0.05, 0) is 123 Å². The molecule has 4 amide bonds. The Morgan fingerprint density at radius 2 is 0.739 bits per heavy atom. The summed E-state index contributed by atoms with van der Waals surface area (Å²) in [5, 5.41) is 20.3. The third-order valence-electron chi connectivity index (χ3n) is 5.61. The predicted molar refractivity (Wildman–Crippen MR) is 177 cm³/mol. The summed E-state index contributed by atoms with van der Waals surface area (Å²) >= 11 is 0. The van der Waals surface area contributed by atoms with Gasteiger partial charge in [0.1, 0.15) is 11.5 Å². The maximum atomic E-state index is 11.9. The van der Waals surface area contributed by atoms with Gasteiger partial charge in [-0.3, -0.25) is 0 Å². The summed E-state index contributed by atoms with van der Waals surface area (Å²) in [5.41, 5.74) is 6.52. The molecule has 16 heteroatoms. The van der Waals surface area contributed by atoms with E-state index in [4.69, 9.17) is 10.3 Å². The Hall–Kier alpha value is -5.16. The fraction of sp³-hybridized carbons (Fsp3) is 0.133. The highest BCUT2D eigenvalue weighted by Crippen LogP contribution is 2.19. The first-order valence-electron chi connectivity index (χ1n) is 13.4. The fourth-order valence-electron chi connectivity index (χ4n) is 4.14. The number of nitrogens with one attached hydrogen (secondary N) is 4. The van der Waals surface area contributed by atoms with Crippen LogP contribution >= 0.6 is 0 Å². The van der Waals surface area contributed by atoms with Gasteiger partial charge in [-0.25, -0.2) is 9.59 Å². The van der Waals surface area contributed by atoms with Crippen molar-refractivity contribution >= 4 is 55.4 Å². The van der Waals surface area contributed by atoms with Gasteiger partial charge >= 0.3 is 32.7 Å². The molecule has 0 heterocycles. The van der Waals surface area contributed by atoms with Gasteiger partial charge in [-0.2, -0.15) is 27.1 Å². The Bertz CT molecular complexity index is 1730. The molecule has 0 aromatic heterocycles. The molecular weight excluding hydrogens is 636 g/mol. The molecule has 0 bridgehead atoms. The molecule has 244 valence electrons. The summed E-state index contributed by atoms with van der Waals surface area (Å²) in [7, 11) is -8.12. The van der Waals surface area contributed by atoms with E-state index in [0.717, 1.165) is 22.3 Å². The molecule has 4 rings (SSSR count). The number of benzene rings is 4. The van der Waals surface area contributed by atoms with E-state index >= 15 is 0 Å². The van der Waals surface area contributed by atoms with Crippen LogP contribution in [-0.2, 0) is 20.6 Å². The van der Waals surface area contributed by atoms with Crippen molar-refractivity contribution in [3.05, 3.63) is 107 Å². The molecule has 8 N–H and O–H groups in total. The number of urea groups is 2. The molecule has 0 spiro atoms. The molecule has 14 nitrogen and oxygen atoms in total. The largest absolute Gasteiger partial charge is 0.380 e. The van der Waals surface area contributed by atoms with Crippen LogP contribution in [0.2, 0.25) is 0 Å². The van der Waals surface area contributed by atoms with Crippen LogP contribution in [0.5, 0.6) is 11.5 Å². The van der Waals surface area contributed by atoms with Gasteiger partial charge in [0.05, 0.1) is 0 Å². The normalized spacial score (nSPS) is 10.9. The monoisotopic (exact) mass is 670 g/mol. The van der Waals surface area contributed by atoms with E-state index in [2.05, 4.69) is 29.6 Å². The number of amides is 4. The first kappa shape index (κ1) is 35.3. The minimum atomic E-state index is -4.06. The number of aryl methyl sites for hydroxylation is 4. The number of carbonyl (C=O) groups excluding carboxylic acids is 2. The molecule has 46 heavy (non-hydrogen) atoms. The number of hydrogen-bond donors (Lipinski definition) is 6. The SMILES string of the molecule is Cc1cc(C)cc(NC(=O)Nc2ccc(OS(N)(=O)=O)cc2)c1.Cc1cc(C)cc(NC(=O)Nc2ccc(OS(N)(=O)=O)cc2)c1. The van der Waals surface area contributed by atoms with Crippen molar-refractivity contribution < 1.29 is 34.8 Å². The molecule has 0 unspecified atom stereocenters. The number of nitrogens with two attached hydrogens (primary N) is 2. The number of anilines is 4. The second-order valence-electron chi connectivity index (χ2n) is 10.1. The lowest BCUT2D eigenvalue weighted by Crippen LogP contribution is -2.20. The van der Waals surface area contributed by atoms with Gasteiger partial charge in [0.25, 0.3) is 0 Å². The molecule has 0 saturated carbocycles. The zero-order chi connectivity index (χ0) is 34.1. The van der Waals surface area contributed by atoms with Gasteiger partial charge in [0, 0.05) is 22.7 Å². The van der Waals surface area contributed by atoms with Crippen LogP contribution in [0.3, 0.4) is 0 Å². The fourth-order valence-corrected chi connectivity index (χ4v) is 4.90. The summed E-state index contributed by atoms with van der Waals surface area (Å²) < 4.78 is 52.2. The number of hydrogen-bond acceptors (Lipinski definition) is 8. The molecule has 0 aliphatic rings. The second kappa shape index (κ2) is 15.2. The van der Waals surface area contributed by atoms with Crippen LogP contribution < -0.4 is 39.9 Å². The van der Waals surface area contributed by atoms with E-state index in [1.54, 1.807) is 0 Å². The standard InChI is InChI=1S/2C15H17N3O4S/c2*1-10-7-11(2)9-13(8-10)18-15(19)17-12-3-5-14(6-4-12)22-23(16,20)21/h2*3-9H,1-2H3,(H2,16,20,21)(H2,17,18,19). The lowest BCUT2D eigenvalue weighted by Gasteiger charge is -2.10. The maximum absolute atomic E-state index is 11.9. The molecule has 0 atom stereocenters. The highest BCUT2D eigenvalue weighted by Gasteiger charge is 2.08. The van der Waals surface area contributed by atoms with E-state index in [1.807, 2.05) is 64.1 Å². The number of rotatable bonds is 8. The smallest absolute Gasteiger partial charge is 0.371 e. The van der Waals surface area contributed by atoms with Crippen LogP contribution in [0.4, 0.5) is 32.3 Å². The lowest BCUT2D eigenvalue weighted by atomic mass is 10.1. The molecule has 0 saturated heterocycles. The minimum Gasteiger partial charge on any atom is -0.371 e. The molecule has 0 fully saturated rings. The molecule has 0 aliphatic carbocycles. The topological polar surface area (TPSA) is 221 Å². The summed E-state index contributed by atoms with van der Waals surface area (Å²) in [6.07, 6.45) is 0. The van der Waals surface area contributed by atoms with Gasteiger partial charge in [-0.1, -0.05) is 12.1 Å². The maximum Gasteiger partial charge on any atom is 0.380 e. The van der Waals surface area contributed by atoms with Crippen LogP contribution in [0.1, 0.15) is 22.3 Å². The Kier molecular flexibility index (Phi) is 11.7. The van der Waals surface area contributed by atoms with Crippen molar-refractivity contribution in [3.8, 4) is 11.5 Å². The summed E-state index contributed by atoms with van der Waals surface area (Å²) in [6, 6.07) is 22.2. The average Bonchev–Trinajstić information content (AvgIpc) is 2.88. The van der Waals surface area contributed by atoms with Crippen molar-refractivity contribution in [2.45, 2.75) is 27.7 Å². The van der Waals surface area contributed by atoms with Crippen molar-refractivity contribution in [2.75, 3.05) is 21.3 Å². The summed E-state index contributed by atoms with van der Waals surface area (Å²) in [6.45, 7) is 7.78. The molecule has 0 aliphatic heterocycles. The van der Waals surface area contributed by atoms with Gasteiger partial charge in [-0.15, -0.1) is 0 Å². The quantitative estimate of drug-likeness (QED) is 0.148. The predicted octanol–water partition coefficient (Wildman–Crippen LogP) is 5.06. The zero-order valence-electron chi connectivity index (χ0n) is 25.3.